The summed E-state index contributed by atoms with van der Waals surface area (Å²) in [6.45, 7) is 6.13. The summed E-state index contributed by atoms with van der Waals surface area (Å²) in [7, 11) is 1.71. The average Bonchev–Trinajstić information content (AvgIpc) is 2.28. The van der Waals surface area contributed by atoms with Crippen LogP contribution >= 0.6 is 0 Å². The molecule has 0 saturated carbocycles. The van der Waals surface area contributed by atoms with E-state index in [-0.39, 0.29) is 0 Å². The van der Waals surface area contributed by atoms with E-state index in [1.165, 1.54) is 0 Å². The second kappa shape index (κ2) is 4.58. The van der Waals surface area contributed by atoms with E-state index in [2.05, 4.69) is 31.0 Å². The monoisotopic (exact) mass is 227 g/mol. The first-order valence-corrected chi connectivity index (χ1v) is 5.71. The number of methoxy groups -OCH3 is 1. The molecule has 0 radical (unpaired) electrons. The maximum Gasteiger partial charge on any atom is 0.124 e. The van der Waals surface area contributed by atoms with Crippen molar-refractivity contribution in [3.63, 3.8) is 0 Å². The smallest absolute Gasteiger partial charge is 0.124 e. The van der Waals surface area contributed by atoms with Crippen LogP contribution in [0.4, 0.5) is 0 Å². The lowest BCUT2D eigenvalue weighted by molar-refractivity contribution is 0.408. The van der Waals surface area contributed by atoms with Gasteiger partial charge in [-0.25, -0.2) is 0 Å². The van der Waals surface area contributed by atoms with Gasteiger partial charge in [-0.1, -0.05) is 6.07 Å². The maximum atomic E-state index is 5.37. The molecule has 0 bridgehead atoms. The van der Waals surface area contributed by atoms with Gasteiger partial charge in [-0.05, 0) is 56.2 Å². The molecule has 2 heteroatoms. The van der Waals surface area contributed by atoms with Gasteiger partial charge in [0.2, 0.25) is 0 Å². The molecular weight excluding hydrogens is 210 g/mol. The first-order chi connectivity index (χ1) is 8.11. The van der Waals surface area contributed by atoms with Crippen LogP contribution in [0.25, 0.3) is 11.3 Å². The van der Waals surface area contributed by atoms with Gasteiger partial charge in [-0.3, -0.25) is 4.98 Å². The van der Waals surface area contributed by atoms with Crippen molar-refractivity contribution in [2.75, 3.05) is 7.11 Å². The van der Waals surface area contributed by atoms with Crippen molar-refractivity contribution < 1.29 is 4.74 Å². The summed E-state index contributed by atoms with van der Waals surface area (Å²) in [6, 6.07) is 10.3. The van der Waals surface area contributed by atoms with Crippen molar-refractivity contribution in [1.29, 1.82) is 0 Å². The summed E-state index contributed by atoms with van der Waals surface area (Å²) in [5, 5.41) is 0. The van der Waals surface area contributed by atoms with E-state index in [9.17, 15) is 0 Å². The molecule has 2 rings (SSSR count). The van der Waals surface area contributed by atoms with Crippen molar-refractivity contribution in [2.45, 2.75) is 20.8 Å². The number of nitrogens with zero attached hydrogens (tertiary/aromatic N) is 1. The van der Waals surface area contributed by atoms with Crippen LogP contribution in [0.3, 0.4) is 0 Å². The molecule has 1 aromatic heterocycles. The molecule has 0 spiro atoms. The fourth-order valence-electron chi connectivity index (χ4n) is 2.12. The second-order valence-corrected chi connectivity index (χ2v) is 4.31. The first-order valence-electron chi connectivity index (χ1n) is 5.71. The Balaban J connectivity index is 2.54. The Morgan fingerprint density at radius 3 is 2.18 bits per heavy atom. The van der Waals surface area contributed by atoms with E-state index in [0.29, 0.717) is 0 Å². The number of benzene rings is 1. The van der Waals surface area contributed by atoms with Crippen LogP contribution in [0.2, 0.25) is 0 Å². The van der Waals surface area contributed by atoms with Crippen molar-refractivity contribution in [1.82, 2.24) is 4.98 Å². The van der Waals surface area contributed by atoms with Crippen LogP contribution < -0.4 is 4.74 Å². The Labute approximate surface area is 102 Å². The Hall–Kier alpha value is -1.83. The number of hydrogen-bond donors (Lipinski definition) is 0. The van der Waals surface area contributed by atoms with E-state index in [4.69, 9.17) is 4.74 Å². The molecule has 0 aliphatic rings. The van der Waals surface area contributed by atoms with Crippen molar-refractivity contribution in [3.8, 4) is 17.0 Å². The van der Waals surface area contributed by atoms with Gasteiger partial charge in [0.1, 0.15) is 5.75 Å². The summed E-state index contributed by atoms with van der Waals surface area (Å²) in [5.74, 6) is 0.960. The number of ether oxygens (including phenoxy) is 1. The Morgan fingerprint density at radius 1 is 1.00 bits per heavy atom. The van der Waals surface area contributed by atoms with Gasteiger partial charge in [0.25, 0.3) is 0 Å². The molecule has 1 aromatic carbocycles. The lowest BCUT2D eigenvalue weighted by Gasteiger charge is -2.11. The molecule has 1 heterocycles. The number of aryl methyl sites for hydroxylation is 3. The molecule has 2 nitrogen and oxygen atoms in total. The highest BCUT2D eigenvalue weighted by atomic mass is 16.5. The quantitative estimate of drug-likeness (QED) is 0.780. The highest BCUT2D eigenvalue weighted by Gasteiger charge is 2.07. The van der Waals surface area contributed by atoms with Crippen LogP contribution in [0.15, 0.2) is 30.3 Å². The minimum Gasteiger partial charge on any atom is -0.496 e. The van der Waals surface area contributed by atoms with Gasteiger partial charge < -0.3 is 4.74 Å². The van der Waals surface area contributed by atoms with E-state index in [0.717, 1.165) is 33.8 Å². The normalized spacial score (nSPS) is 10.4. The van der Waals surface area contributed by atoms with E-state index in [1.807, 2.05) is 25.1 Å². The van der Waals surface area contributed by atoms with E-state index in [1.54, 1.807) is 7.11 Å². The molecule has 0 amide bonds. The number of hydrogen-bond acceptors (Lipinski definition) is 2. The summed E-state index contributed by atoms with van der Waals surface area (Å²) in [6.07, 6.45) is 0. The SMILES string of the molecule is COc1c(C)cc(-c2cccc(C)n2)cc1C. The third-order valence-corrected chi connectivity index (χ3v) is 2.85. The zero-order valence-corrected chi connectivity index (χ0v) is 10.7. The summed E-state index contributed by atoms with van der Waals surface area (Å²) < 4.78 is 5.37. The average molecular weight is 227 g/mol. The molecule has 0 saturated heterocycles. The lowest BCUT2D eigenvalue weighted by atomic mass is 10.0. The largest absolute Gasteiger partial charge is 0.496 e. The number of pyridine rings is 1. The van der Waals surface area contributed by atoms with E-state index >= 15 is 0 Å². The predicted octanol–water partition coefficient (Wildman–Crippen LogP) is 3.68. The summed E-state index contributed by atoms with van der Waals surface area (Å²) in [4.78, 5) is 4.54. The molecule has 88 valence electrons. The molecule has 0 aliphatic carbocycles. The first kappa shape index (κ1) is 11.6. The highest BCUT2D eigenvalue weighted by Crippen LogP contribution is 2.28. The molecule has 0 fully saturated rings. The molecule has 2 aromatic rings. The number of aromatic nitrogens is 1. The molecule has 17 heavy (non-hydrogen) atoms. The van der Waals surface area contributed by atoms with Crippen LogP contribution in [0.5, 0.6) is 5.75 Å². The van der Waals surface area contributed by atoms with E-state index < -0.39 is 0 Å². The van der Waals surface area contributed by atoms with Gasteiger partial charge in [0.05, 0.1) is 12.8 Å². The minimum absolute atomic E-state index is 0.960. The summed E-state index contributed by atoms with van der Waals surface area (Å²) in [5.41, 5.74) is 5.48. The van der Waals surface area contributed by atoms with Gasteiger partial charge >= 0.3 is 0 Å². The van der Waals surface area contributed by atoms with Crippen molar-refractivity contribution >= 4 is 0 Å². The molecule has 0 N–H and O–H groups in total. The van der Waals surface area contributed by atoms with Crippen LogP contribution in [-0.2, 0) is 0 Å². The highest BCUT2D eigenvalue weighted by molar-refractivity contribution is 5.64. The standard InChI is InChI=1S/C15H17NO/c1-10-8-13(9-11(2)15(10)17-4)14-7-5-6-12(3)16-14/h5-9H,1-4H3. The third-order valence-electron chi connectivity index (χ3n) is 2.85. The topological polar surface area (TPSA) is 22.1 Å². The second-order valence-electron chi connectivity index (χ2n) is 4.31. The molecule has 0 aliphatic heterocycles. The van der Waals surface area contributed by atoms with Crippen molar-refractivity contribution in [3.05, 3.63) is 47.2 Å². The predicted molar refractivity (Wildman–Crippen MR) is 70.4 cm³/mol. The Bertz CT molecular complexity index is 523. The van der Waals surface area contributed by atoms with Gasteiger partial charge in [0, 0.05) is 11.3 Å². The molecule has 0 atom stereocenters. The Morgan fingerprint density at radius 2 is 1.65 bits per heavy atom. The zero-order valence-electron chi connectivity index (χ0n) is 10.7. The van der Waals surface area contributed by atoms with Crippen LogP contribution in [0.1, 0.15) is 16.8 Å². The third kappa shape index (κ3) is 2.31. The van der Waals surface area contributed by atoms with Gasteiger partial charge in [-0.2, -0.15) is 0 Å². The fraction of sp³-hybridized carbons (Fsp3) is 0.267. The van der Waals surface area contributed by atoms with Crippen LogP contribution in [-0.4, -0.2) is 12.1 Å². The van der Waals surface area contributed by atoms with Crippen LogP contribution in [0, 0.1) is 20.8 Å². The maximum absolute atomic E-state index is 5.37. The zero-order chi connectivity index (χ0) is 12.4. The van der Waals surface area contributed by atoms with Crippen molar-refractivity contribution in [2.24, 2.45) is 0 Å². The number of rotatable bonds is 2. The minimum atomic E-state index is 0.960. The fourth-order valence-corrected chi connectivity index (χ4v) is 2.12. The van der Waals surface area contributed by atoms with Gasteiger partial charge in [0.15, 0.2) is 0 Å². The molecular formula is C15H17NO. The molecule has 0 unspecified atom stereocenters. The lowest BCUT2D eigenvalue weighted by Crippen LogP contribution is -1.93. The van der Waals surface area contributed by atoms with Gasteiger partial charge in [-0.15, -0.1) is 0 Å². The summed E-state index contributed by atoms with van der Waals surface area (Å²) >= 11 is 0. The Kier molecular flexibility index (Phi) is 3.14.